The van der Waals surface area contributed by atoms with E-state index in [0.29, 0.717) is 23.8 Å². The first-order valence-electron chi connectivity index (χ1n) is 7.96. The third-order valence-corrected chi connectivity index (χ3v) is 3.76. The van der Waals surface area contributed by atoms with Crippen molar-refractivity contribution in [2.24, 2.45) is 0 Å². The van der Waals surface area contributed by atoms with Crippen molar-refractivity contribution in [3.05, 3.63) is 54.1 Å². The van der Waals surface area contributed by atoms with Crippen molar-refractivity contribution in [3.8, 4) is 0 Å². The average molecular weight is 313 g/mol. The van der Waals surface area contributed by atoms with E-state index < -0.39 is 0 Å². The molecule has 0 radical (unpaired) electrons. The lowest BCUT2D eigenvalue weighted by Gasteiger charge is -2.13. The first kappa shape index (κ1) is 15.5. The van der Waals surface area contributed by atoms with Gasteiger partial charge in [-0.25, -0.2) is 4.39 Å². The summed E-state index contributed by atoms with van der Waals surface area (Å²) in [6.45, 7) is 0. The summed E-state index contributed by atoms with van der Waals surface area (Å²) >= 11 is 0. The quantitative estimate of drug-likeness (QED) is 0.818. The van der Waals surface area contributed by atoms with Crippen LogP contribution in [0.2, 0.25) is 0 Å². The van der Waals surface area contributed by atoms with E-state index in [1.165, 1.54) is 12.1 Å². The summed E-state index contributed by atoms with van der Waals surface area (Å²) in [5, 5.41) is 6.12. The molecule has 2 aromatic rings. The molecule has 0 bridgehead atoms. The second-order valence-corrected chi connectivity index (χ2v) is 5.83. The number of aryl methyl sites for hydroxylation is 1. The lowest BCUT2D eigenvalue weighted by Crippen LogP contribution is -2.14. The summed E-state index contributed by atoms with van der Waals surface area (Å²) in [4.78, 5) is 16.3. The van der Waals surface area contributed by atoms with Crippen LogP contribution in [0, 0.1) is 5.82 Å². The fraction of sp³-hybridized carbons (Fsp3) is 0.333. The van der Waals surface area contributed by atoms with Crippen LogP contribution in [0.5, 0.6) is 0 Å². The molecule has 23 heavy (non-hydrogen) atoms. The molecule has 3 rings (SSSR count). The minimum absolute atomic E-state index is 0.0635. The van der Waals surface area contributed by atoms with Crippen molar-refractivity contribution in [1.29, 1.82) is 0 Å². The molecule has 1 aliphatic carbocycles. The molecule has 4 nitrogen and oxygen atoms in total. The number of rotatable bonds is 7. The number of carbonyl (C=O) groups excluding carboxylic acids is 1. The normalized spacial score (nSPS) is 13.6. The van der Waals surface area contributed by atoms with Gasteiger partial charge in [0.2, 0.25) is 5.91 Å². The maximum Gasteiger partial charge on any atom is 0.224 e. The summed E-state index contributed by atoms with van der Waals surface area (Å²) < 4.78 is 13.4. The molecule has 120 valence electrons. The Balaban J connectivity index is 1.53. The predicted molar refractivity (Wildman–Crippen MR) is 88.8 cm³/mol. The molecule has 0 atom stereocenters. The smallest absolute Gasteiger partial charge is 0.224 e. The number of benzene rings is 1. The third kappa shape index (κ3) is 4.77. The molecular weight excluding hydrogens is 293 g/mol. The lowest BCUT2D eigenvalue weighted by atomic mass is 10.1. The maximum atomic E-state index is 13.4. The minimum Gasteiger partial charge on any atom is -0.381 e. The van der Waals surface area contributed by atoms with Crippen LogP contribution in [-0.4, -0.2) is 16.9 Å². The SMILES string of the molecule is O=C(CCCc1ccccn1)Nc1ccc(F)cc1NC1CC1. The van der Waals surface area contributed by atoms with Gasteiger partial charge in [-0.15, -0.1) is 0 Å². The van der Waals surface area contributed by atoms with Gasteiger partial charge in [0.1, 0.15) is 5.82 Å². The van der Waals surface area contributed by atoms with Crippen LogP contribution in [0.15, 0.2) is 42.6 Å². The van der Waals surface area contributed by atoms with Gasteiger partial charge >= 0.3 is 0 Å². The van der Waals surface area contributed by atoms with Gasteiger partial charge in [0, 0.05) is 24.4 Å². The lowest BCUT2D eigenvalue weighted by molar-refractivity contribution is -0.116. The highest BCUT2D eigenvalue weighted by Gasteiger charge is 2.22. The Morgan fingerprint density at radius 2 is 2.09 bits per heavy atom. The largest absolute Gasteiger partial charge is 0.381 e. The Morgan fingerprint density at radius 3 is 2.83 bits per heavy atom. The van der Waals surface area contributed by atoms with Gasteiger partial charge in [0.05, 0.1) is 11.4 Å². The van der Waals surface area contributed by atoms with Crippen molar-refractivity contribution in [2.75, 3.05) is 10.6 Å². The maximum absolute atomic E-state index is 13.4. The summed E-state index contributed by atoms with van der Waals surface area (Å²) in [5.74, 6) is -0.368. The fourth-order valence-electron chi connectivity index (χ4n) is 2.38. The molecule has 1 aliphatic rings. The van der Waals surface area contributed by atoms with Gasteiger partial charge in [-0.05, 0) is 56.0 Å². The van der Waals surface area contributed by atoms with E-state index in [1.54, 1.807) is 12.3 Å². The third-order valence-electron chi connectivity index (χ3n) is 3.76. The molecule has 1 aromatic heterocycles. The standard InChI is InChI=1S/C18H20FN3O/c19-13-7-10-16(17(12-13)21-15-8-9-15)22-18(23)6-3-5-14-4-1-2-11-20-14/h1-2,4,7,10-12,15,21H,3,5-6,8-9H2,(H,22,23). The highest BCUT2D eigenvalue weighted by atomic mass is 19.1. The summed E-state index contributed by atoms with van der Waals surface area (Å²) in [5.41, 5.74) is 2.28. The number of nitrogens with zero attached hydrogens (tertiary/aromatic N) is 1. The van der Waals surface area contributed by atoms with Crippen LogP contribution in [0.25, 0.3) is 0 Å². The molecule has 1 fully saturated rings. The van der Waals surface area contributed by atoms with E-state index in [4.69, 9.17) is 0 Å². The van der Waals surface area contributed by atoms with Crippen LogP contribution >= 0.6 is 0 Å². The number of hydrogen-bond donors (Lipinski definition) is 2. The van der Waals surface area contributed by atoms with Crippen molar-refractivity contribution >= 4 is 17.3 Å². The monoisotopic (exact) mass is 313 g/mol. The van der Waals surface area contributed by atoms with Gasteiger partial charge in [-0.1, -0.05) is 6.07 Å². The first-order valence-corrected chi connectivity index (χ1v) is 7.96. The van der Waals surface area contributed by atoms with E-state index in [0.717, 1.165) is 31.4 Å². The van der Waals surface area contributed by atoms with E-state index in [9.17, 15) is 9.18 Å². The molecule has 2 N–H and O–H groups in total. The van der Waals surface area contributed by atoms with Gasteiger partial charge in [0.15, 0.2) is 0 Å². The summed E-state index contributed by atoms with van der Waals surface area (Å²) in [7, 11) is 0. The molecule has 0 spiro atoms. The number of aromatic nitrogens is 1. The number of amides is 1. The average Bonchev–Trinajstić information content (AvgIpc) is 3.35. The molecule has 0 unspecified atom stereocenters. The van der Waals surface area contributed by atoms with E-state index in [1.807, 2.05) is 18.2 Å². The Hall–Kier alpha value is -2.43. The molecule has 1 saturated carbocycles. The number of carbonyl (C=O) groups is 1. The van der Waals surface area contributed by atoms with E-state index in [2.05, 4.69) is 15.6 Å². The van der Waals surface area contributed by atoms with Gasteiger partial charge < -0.3 is 10.6 Å². The van der Waals surface area contributed by atoms with Gasteiger partial charge in [-0.3, -0.25) is 9.78 Å². The molecule has 0 aliphatic heterocycles. The summed E-state index contributed by atoms with van der Waals surface area (Å²) in [6, 6.07) is 10.6. The topological polar surface area (TPSA) is 54.0 Å². The van der Waals surface area contributed by atoms with Crippen molar-refractivity contribution in [1.82, 2.24) is 4.98 Å². The molecule has 1 aromatic carbocycles. The fourth-order valence-corrected chi connectivity index (χ4v) is 2.38. The van der Waals surface area contributed by atoms with E-state index in [-0.39, 0.29) is 11.7 Å². The summed E-state index contributed by atoms with van der Waals surface area (Å²) in [6.07, 6.45) is 5.85. The Bertz CT molecular complexity index is 671. The van der Waals surface area contributed by atoms with Crippen molar-refractivity contribution < 1.29 is 9.18 Å². The Morgan fingerprint density at radius 1 is 1.22 bits per heavy atom. The van der Waals surface area contributed by atoms with Gasteiger partial charge in [-0.2, -0.15) is 0 Å². The molecule has 5 heteroatoms. The molecule has 1 amide bonds. The van der Waals surface area contributed by atoms with Crippen molar-refractivity contribution in [2.45, 2.75) is 38.1 Å². The molecule has 1 heterocycles. The second kappa shape index (κ2) is 7.22. The van der Waals surface area contributed by atoms with Crippen LogP contribution in [0.3, 0.4) is 0 Å². The highest BCUT2D eigenvalue weighted by molar-refractivity contribution is 5.94. The Kier molecular flexibility index (Phi) is 4.86. The van der Waals surface area contributed by atoms with Crippen LogP contribution < -0.4 is 10.6 Å². The number of anilines is 2. The first-order chi connectivity index (χ1) is 11.2. The number of hydrogen-bond acceptors (Lipinski definition) is 3. The number of nitrogens with one attached hydrogen (secondary N) is 2. The van der Waals surface area contributed by atoms with Gasteiger partial charge in [0.25, 0.3) is 0 Å². The van der Waals surface area contributed by atoms with E-state index >= 15 is 0 Å². The minimum atomic E-state index is -0.304. The zero-order chi connectivity index (χ0) is 16.1. The zero-order valence-corrected chi connectivity index (χ0v) is 12.9. The van der Waals surface area contributed by atoms with Crippen LogP contribution in [0.4, 0.5) is 15.8 Å². The zero-order valence-electron chi connectivity index (χ0n) is 12.9. The molecular formula is C18H20FN3O. The predicted octanol–water partition coefficient (Wildman–Crippen LogP) is 3.76. The highest BCUT2D eigenvalue weighted by Crippen LogP contribution is 2.30. The second-order valence-electron chi connectivity index (χ2n) is 5.83. The van der Waals surface area contributed by atoms with Crippen LogP contribution in [-0.2, 0) is 11.2 Å². The van der Waals surface area contributed by atoms with Crippen LogP contribution in [0.1, 0.15) is 31.4 Å². The number of halogens is 1. The number of pyridine rings is 1. The Labute approximate surface area is 135 Å². The van der Waals surface area contributed by atoms with Crippen molar-refractivity contribution in [3.63, 3.8) is 0 Å². The molecule has 0 saturated heterocycles.